The molecule has 3 rings (SSSR count). The molecule has 0 amide bonds. The Morgan fingerprint density at radius 2 is 2.17 bits per heavy atom. The molecule has 2 aromatic rings. The van der Waals surface area contributed by atoms with Gasteiger partial charge in [-0.05, 0) is 19.0 Å². The first-order valence-electron chi connectivity index (χ1n) is 10.2. The number of nitrogens with one attached hydrogen (secondary N) is 1. The number of aliphatic hydroxyl groups is 1. The Kier molecular flexibility index (Phi) is 8.76. The molecule has 1 atom stereocenters. The minimum atomic E-state index is -0.561. The Bertz CT molecular complexity index is 705. The summed E-state index contributed by atoms with van der Waals surface area (Å²) in [7, 11) is 1.63. The van der Waals surface area contributed by atoms with Crippen LogP contribution in [0.2, 0.25) is 0 Å². The molecule has 160 valence electrons. The third-order valence-corrected chi connectivity index (χ3v) is 4.92. The van der Waals surface area contributed by atoms with E-state index in [9.17, 15) is 5.11 Å². The fourth-order valence-corrected chi connectivity index (χ4v) is 3.37. The second kappa shape index (κ2) is 11.8. The maximum Gasteiger partial charge on any atom is 0.165 e. The normalized spacial score (nSPS) is 15.9. The monoisotopic (exact) mass is 404 g/mol. The average molecular weight is 405 g/mol. The van der Waals surface area contributed by atoms with Gasteiger partial charge in [-0.25, -0.2) is 4.98 Å². The first kappa shape index (κ1) is 21.6. The Morgan fingerprint density at radius 3 is 2.93 bits per heavy atom. The number of methoxy groups -OCH3 is 1. The molecular formula is C21H32N4O4. The predicted octanol–water partition coefficient (Wildman–Crippen LogP) is 1.14. The summed E-state index contributed by atoms with van der Waals surface area (Å²) in [6.45, 7) is 6.44. The van der Waals surface area contributed by atoms with Crippen LogP contribution in [0.1, 0.15) is 12.0 Å². The smallest absolute Gasteiger partial charge is 0.165 e. The summed E-state index contributed by atoms with van der Waals surface area (Å²) >= 11 is 0. The number of morpholine rings is 1. The molecule has 0 bridgehead atoms. The number of rotatable bonds is 12. The lowest BCUT2D eigenvalue weighted by atomic mass is 10.1. The molecule has 0 aliphatic carbocycles. The van der Waals surface area contributed by atoms with Crippen molar-refractivity contribution in [1.29, 1.82) is 0 Å². The van der Waals surface area contributed by atoms with Crippen LogP contribution in [-0.2, 0) is 17.8 Å². The predicted molar refractivity (Wildman–Crippen MR) is 110 cm³/mol. The number of hydrogen-bond acceptors (Lipinski definition) is 7. The van der Waals surface area contributed by atoms with Gasteiger partial charge in [-0.15, -0.1) is 0 Å². The van der Waals surface area contributed by atoms with Crippen molar-refractivity contribution in [2.75, 3.05) is 53.1 Å². The molecule has 1 aliphatic heterocycles. The SMILES string of the molecule is COc1cccc(CNCCCn2ccnc2)c1OC[C@@H](O)CN1CCOCC1. The second-order valence-electron chi connectivity index (χ2n) is 7.16. The van der Waals surface area contributed by atoms with Crippen LogP contribution in [0, 0.1) is 0 Å². The number of benzene rings is 1. The Labute approximate surface area is 172 Å². The molecule has 29 heavy (non-hydrogen) atoms. The number of hydrogen-bond donors (Lipinski definition) is 2. The maximum absolute atomic E-state index is 10.4. The standard InChI is InChI=1S/C21H32N4O4/c1-27-20-5-2-4-18(14-22-6-3-8-25-9-7-23-17-25)21(20)29-16-19(26)15-24-10-12-28-13-11-24/h2,4-5,7,9,17,19,22,26H,3,6,8,10-16H2,1H3/t19-/m0/s1. The fraction of sp³-hybridized carbons (Fsp3) is 0.571. The highest BCUT2D eigenvalue weighted by atomic mass is 16.5. The molecule has 1 fully saturated rings. The van der Waals surface area contributed by atoms with Gasteiger partial charge in [-0.1, -0.05) is 12.1 Å². The lowest BCUT2D eigenvalue weighted by Gasteiger charge is -2.28. The zero-order chi connectivity index (χ0) is 20.3. The summed E-state index contributed by atoms with van der Waals surface area (Å²) in [6, 6.07) is 5.86. The molecule has 0 unspecified atom stereocenters. The van der Waals surface area contributed by atoms with Crippen molar-refractivity contribution in [2.45, 2.75) is 25.6 Å². The lowest BCUT2D eigenvalue weighted by Crippen LogP contribution is -2.42. The number of aryl methyl sites for hydroxylation is 1. The number of ether oxygens (including phenoxy) is 3. The van der Waals surface area contributed by atoms with Gasteiger partial charge in [0.2, 0.25) is 0 Å². The molecule has 1 aromatic heterocycles. The molecule has 0 radical (unpaired) electrons. The highest BCUT2D eigenvalue weighted by Gasteiger charge is 2.17. The topological polar surface area (TPSA) is 81.0 Å². The van der Waals surface area contributed by atoms with Crippen LogP contribution in [0.15, 0.2) is 36.9 Å². The van der Waals surface area contributed by atoms with Crippen LogP contribution in [0.3, 0.4) is 0 Å². The van der Waals surface area contributed by atoms with Crippen molar-refractivity contribution in [1.82, 2.24) is 19.8 Å². The van der Waals surface area contributed by atoms with E-state index in [0.717, 1.165) is 51.4 Å². The van der Waals surface area contributed by atoms with Crippen molar-refractivity contribution in [3.8, 4) is 11.5 Å². The van der Waals surface area contributed by atoms with Crippen LogP contribution >= 0.6 is 0 Å². The van der Waals surface area contributed by atoms with Crippen LogP contribution in [0.25, 0.3) is 0 Å². The van der Waals surface area contributed by atoms with E-state index in [1.807, 2.05) is 30.7 Å². The highest BCUT2D eigenvalue weighted by Crippen LogP contribution is 2.31. The van der Waals surface area contributed by atoms with Crippen molar-refractivity contribution < 1.29 is 19.3 Å². The van der Waals surface area contributed by atoms with E-state index >= 15 is 0 Å². The molecule has 2 heterocycles. The van der Waals surface area contributed by atoms with Gasteiger partial charge in [-0.3, -0.25) is 4.90 Å². The molecule has 0 spiro atoms. The van der Waals surface area contributed by atoms with Crippen molar-refractivity contribution in [3.63, 3.8) is 0 Å². The third kappa shape index (κ3) is 7.01. The van der Waals surface area contributed by atoms with Crippen LogP contribution in [0.5, 0.6) is 11.5 Å². The van der Waals surface area contributed by atoms with E-state index < -0.39 is 6.10 Å². The number of aliphatic hydroxyl groups excluding tert-OH is 1. The van der Waals surface area contributed by atoms with Gasteiger partial charge in [0.15, 0.2) is 11.5 Å². The van der Waals surface area contributed by atoms with E-state index in [1.54, 1.807) is 13.3 Å². The van der Waals surface area contributed by atoms with E-state index in [-0.39, 0.29) is 6.61 Å². The minimum absolute atomic E-state index is 0.228. The molecule has 1 saturated heterocycles. The second-order valence-corrected chi connectivity index (χ2v) is 7.16. The number of imidazole rings is 1. The van der Waals surface area contributed by atoms with Crippen LogP contribution < -0.4 is 14.8 Å². The largest absolute Gasteiger partial charge is 0.493 e. The maximum atomic E-state index is 10.4. The van der Waals surface area contributed by atoms with E-state index in [4.69, 9.17) is 14.2 Å². The van der Waals surface area contributed by atoms with Gasteiger partial charge in [0.05, 0.1) is 26.7 Å². The van der Waals surface area contributed by atoms with Gasteiger partial charge in [0.25, 0.3) is 0 Å². The lowest BCUT2D eigenvalue weighted by molar-refractivity contribution is 0.00436. The Morgan fingerprint density at radius 1 is 1.31 bits per heavy atom. The van der Waals surface area contributed by atoms with Gasteiger partial charge in [-0.2, -0.15) is 0 Å². The van der Waals surface area contributed by atoms with Crippen LogP contribution in [-0.4, -0.2) is 78.8 Å². The summed E-state index contributed by atoms with van der Waals surface area (Å²) in [4.78, 5) is 6.25. The summed E-state index contributed by atoms with van der Waals surface area (Å²) in [5.74, 6) is 1.37. The van der Waals surface area contributed by atoms with E-state index in [1.165, 1.54) is 0 Å². The van der Waals surface area contributed by atoms with Crippen molar-refractivity contribution in [3.05, 3.63) is 42.5 Å². The Hall–Kier alpha value is -2.13. The number of aromatic nitrogens is 2. The fourth-order valence-electron chi connectivity index (χ4n) is 3.37. The molecule has 8 nitrogen and oxygen atoms in total. The molecular weight excluding hydrogens is 372 g/mol. The highest BCUT2D eigenvalue weighted by molar-refractivity contribution is 5.46. The average Bonchev–Trinajstić information content (AvgIpc) is 3.26. The van der Waals surface area contributed by atoms with Gasteiger partial charge < -0.3 is 29.2 Å². The number of β-amino-alcohol motifs (C(OH)–C–C–N with tert-alkyl or cyclic N) is 1. The third-order valence-electron chi connectivity index (χ3n) is 4.92. The number of nitrogens with zero attached hydrogens (tertiary/aromatic N) is 3. The van der Waals surface area contributed by atoms with Gasteiger partial charge >= 0.3 is 0 Å². The molecule has 8 heteroatoms. The van der Waals surface area contributed by atoms with Gasteiger partial charge in [0.1, 0.15) is 12.7 Å². The van der Waals surface area contributed by atoms with Crippen molar-refractivity contribution in [2.24, 2.45) is 0 Å². The zero-order valence-corrected chi connectivity index (χ0v) is 17.1. The molecule has 1 aliphatic rings. The first-order valence-corrected chi connectivity index (χ1v) is 10.2. The summed E-state index contributed by atoms with van der Waals surface area (Å²) in [5.41, 5.74) is 1.02. The molecule has 1 aromatic carbocycles. The number of para-hydroxylation sites is 1. The van der Waals surface area contributed by atoms with Gasteiger partial charge in [0, 0.05) is 50.7 Å². The zero-order valence-electron chi connectivity index (χ0n) is 17.1. The quantitative estimate of drug-likeness (QED) is 0.514. The first-order chi connectivity index (χ1) is 14.3. The molecule has 2 N–H and O–H groups in total. The molecule has 0 saturated carbocycles. The summed E-state index contributed by atoms with van der Waals surface area (Å²) in [5, 5.41) is 13.8. The van der Waals surface area contributed by atoms with E-state index in [2.05, 4.69) is 19.8 Å². The minimum Gasteiger partial charge on any atom is -0.493 e. The Balaban J connectivity index is 1.47. The van der Waals surface area contributed by atoms with E-state index in [0.29, 0.717) is 24.6 Å². The van der Waals surface area contributed by atoms with Crippen molar-refractivity contribution >= 4 is 0 Å². The summed E-state index contributed by atoms with van der Waals surface area (Å²) < 4.78 is 18.9. The summed E-state index contributed by atoms with van der Waals surface area (Å²) in [6.07, 6.45) is 6.04. The van der Waals surface area contributed by atoms with Crippen LogP contribution in [0.4, 0.5) is 0 Å².